The van der Waals surface area contributed by atoms with Gasteiger partial charge in [-0.15, -0.1) is 0 Å². The van der Waals surface area contributed by atoms with Gasteiger partial charge in [-0.1, -0.05) is 13.3 Å². The Balaban J connectivity index is 2.67. The Kier molecular flexibility index (Phi) is 6.45. The van der Waals surface area contributed by atoms with Gasteiger partial charge in [0.25, 0.3) is 0 Å². The molecule has 0 aliphatic carbocycles. The fourth-order valence-corrected chi connectivity index (χ4v) is 2.48. The molecule has 3 atom stereocenters. The van der Waals surface area contributed by atoms with Gasteiger partial charge in [-0.3, -0.25) is 0 Å². The van der Waals surface area contributed by atoms with Gasteiger partial charge < -0.3 is 20.1 Å². The highest BCUT2D eigenvalue weighted by Gasteiger charge is 2.36. The van der Waals surface area contributed by atoms with E-state index in [1.807, 2.05) is 6.92 Å². The minimum absolute atomic E-state index is 0.235. The summed E-state index contributed by atoms with van der Waals surface area (Å²) < 4.78 is 4.81. The van der Waals surface area contributed by atoms with Gasteiger partial charge >= 0.3 is 18.0 Å². The number of piperidine rings is 1. The number of nitrogens with zero attached hydrogens (tertiary/aromatic N) is 1. The second kappa shape index (κ2) is 7.85. The first-order chi connectivity index (χ1) is 9.90. The molecule has 0 radical (unpaired) electrons. The summed E-state index contributed by atoms with van der Waals surface area (Å²) in [6.45, 7) is 5.84. The van der Waals surface area contributed by atoms with Crippen molar-refractivity contribution >= 4 is 18.0 Å². The van der Waals surface area contributed by atoms with E-state index < -0.39 is 30.1 Å². The smallest absolute Gasteiger partial charge is 0.328 e. The number of carboxylic acids is 1. The predicted molar refractivity (Wildman–Crippen MR) is 75.8 cm³/mol. The van der Waals surface area contributed by atoms with Crippen molar-refractivity contribution < 1.29 is 24.2 Å². The van der Waals surface area contributed by atoms with E-state index in [0.717, 1.165) is 12.8 Å². The fourth-order valence-electron chi connectivity index (χ4n) is 2.48. The number of ether oxygens (including phenoxy) is 1. The molecule has 1 aliphatic rings. The van der Waals surface area contributed by atoms with E-state index in [4.69, 9.17) is 4.74 Å². The van der Waals surface area contributed by atoms with Crippen molar-refractivity contribution in [3.8, 4) is 0 Å². The predicted octanol–water partition coefficient (Wildman–Crippen LogP) is 1.22. The molecule has 0 spiro atoms. The maximum absolute atomic E-state index is 12.2. The quantitative estimate of drug-likeness (QED) is 0.744. The molecule has 0 aromatic heterocycles. The summed E-state index contributed by atoms with van der Waals surface area (Å²) in [5.41, 5.74) is 0. The molecular formula is C14H24N2O5. The Labute approximate surface area is 124 Å². The standard InChI is InChI=1S/C14H24N2O5/c1-4-10-6-7-16(11(8-10)12(17)18)14(20)15-9(3)13(19)21-5-2/h9-11H,4-8H2,1-3H3,(H,15,20)(H,17,18). The normalized spacial score (nSPS) is 23.3. The van der Waals surface area contributed by atoms with Crippen LogP contribution in [-0.4, -0.2) is 53.2 Å². The molecule has 0 bridgehead atoms. The van der Waals surface area contributed by atoms with E-state index in [9.17, 15) is 19.5 Å². The van der Waals surface area contributed by atoms with Crippen LogP contribution in [0.1, 0.15) is 40.0 Å². The van der Waals surface area contributed by atoms with Gasteiger partial charge in [0.2, 0.25) is 0 Å². The van der Waals surface area contributed by atoms with Gasteiger partial charge in [0.15, 0.2) is 0 Å². The van der Waals surface area contributed by atoms with Gasteiger partial charge in [-0.2, -0.15) is 0 Å². The van der Waals surface area contributed by atoms with Crippen LogP contribution in [0.15, 0.2) is 0 Å². The molecule has 0 saturated carbocycles. The minimum Gasteiger partial charge on any atom is -0.480 e. The summed E-state index contributed by atoms with van der Waals surface area (Å²) in [5.74, 6) is -1.22. The number of hydrogen-bond acceptors (Lipinski definition) is 4. The number of urea groups is 1. The third kappa shape index (κ3) is 4.61. The Morgan fingerprint density at radius 2 is 2.05 bits per heavy atom. The van der Waals surface area contributed by atoms with Crippen LogP contribution < -0.4 is 5.32 Å². The number of carboxylic acid groups (broad SMARTS) is 1. The van der Waals surface area contributed by atoms with Crippen LogP contribution in [0.2, 0.25) is 0 Å². The number of rotatable bonds is 5. The van der Waals surface area contributed by atoms with Gasteiger partial charge in [-0.25, -0.2) is 14.4 Å². The van der Waals surface area contributed by atoms with E-state index in [2.05, 4.69) is 5.32 Å². The highest BCUT2D eigenvalue weighted by molar-refractivity contribution is 5.86. The van der Waals surface area contributed by atoms with Crippen molar-refractivity contribution in [1.82, 2.24) is 10.2 Å². The number of nitrogens with one attached hydrogen (secondary N) is 1. The summed E-state index contributed by atoms with van der Waals surface area (Å²) >= 11 is 0. The average Bonchev–Trinajstić information content (AvgIpc) is 2.46. The first-order valence-electron chi connectivity index (χ1n) is 7.37. The van der Waals surface area contributed by atoms with E-state index >= 15 is 0 Å². The lowest BCUT2D eigenvalue weighted by Gasteiger charge is -2.37. The first kappa shape index (κ1) is 17.3. The average molecular weight is 300 g/mol. The molecule has 21 heavy (non-hydrogen) atoms. The molecule has 7 nitrogen and oxygen atoms in total. The zero-order valence-corrected chi connectivity index (χ0v) is 12.8. The molecule has 1 saturated heterocycles. The molecule has 2 N–H and O–H groups in total. The number of likely N-dealkylation sites (tertiary alicyclic amines) is 1. The molecule has 120 valence electrons. The minimum atomic E-state index is -1.01. The van der Waals surface area contributed by atoms with Crippen LogP contribution in [0.5, 0.6) is 0 Å². The largest absolute Gasteiger partial charge is 0.480 e. The molecule has 1 rings (SSSR count). The van der Waals surface area contributed by atoms with Crippen LogP contribution in [0.25, 0.3) is 0 Å². The van der Waals surface area contributed by atoms with Crippen molar-refractivity contribution in [3.05, 3.63) is 0 Å². The van der Waals surface area contributed by atoms with Crippen molar-refractivity contribution in [1.29, 1.82) is 0 Å². The third-order valence-corrected chi connectivity index (χ3v) is 3.81. The Morgan fingerprint density at radius 3 is 2.57 bits per heavy atom. The molecule has 0 aromatic rings. The molecule has 1 fully saturated rings. The van der Waals surface area contributed by atoms with Crippen LogP contribution in [0.3, 0.4) is 0 Å². The molecule has 1 heterocycles. The fraction of sp³-hybridized carbons (Fsp3) is 0.786. The van der Waals surface area contributed by atoms with E-state index in [1.165, 1.54) is 11.8 Å². The number of carbonyl (C=O) groups is 3. The number of esters is 1. The lowest BCUT2D eigenvalue weighted by Crippen LogP contribution is -2.55. The maximum atomic E-state index is 12.2. The molecule has 2 amide bonds. The van der Waals surface area contributed by atoms with Crippen molar-refractivity contribution in [2.24, 2.45) is 5.92 Å². The highest BCUT2D eigenvalue weighted by Crippen LogP contribution is 2.25. The van der Waals surface area contributed by atoms with Crippen LogP contribution >= 0.6 is 0 Å². The van der Waals surface area contributed by atoms with Crippen LogP contribution in [0.4, 0.5) is 4.79 Å². The summed E-state index contributed by atoms with van der Waals surface area (Å²) in [7, 11) is 0. The van der Waals surface area contributed by atoms with Gasteiger partial charge in [-0.05, 0) is 32.6 Å². The molecule has 0 aromatic carbocycles. The number of hydrogen-bond donors (Lipinski definition) is 2. The van der Waals surface area contributed by atoms with E-state index in [0.29, 0.717) is 18.9 Å². The molecule has 7 heteroatoms. The summed E-state index contributed by atoms with van der Waals surface area (Å²) in [4.78, 5) is 36.3. The van der Waals surface area contributed by atoms with Crippen LogP contribution in [0, 0.1) is 5.92 Å². The molecular weight excluding hydrogens is 276 g/mol. The van der Waals surface area contributed by atoms with Gasteiger partial charge in [0, 0.05) is 6.54 Å². The highest BCUT2D eigenvalue weighted by atomic mass is 16.5. The Morgan fingerprint density at radius 1 is 1.38 bits per heavy atom. The maximum Gasteiger partial charge on any atom is 0.328 e. The van der Waals surface area contributed by atoms with Gasteiger partial charge in [0.1, 0.15) is 12.1 Å². The molecule has 3 unspecified atom stereocenters. The van der Waals surface area contributed by atoms with Crippen LogP contribution in [-0.2, 0) is 14.3 Å². The Hall–Kier alpha value is -1.79. The lowest BCUT2D eigenvalue weighted by molar-refractivity contribution is -0.144. The SMILES string of the molecule is CCOC(=O)C(C)NC(=O)N1CCC(CC)CC1C(=O)O. The summed E-state index contributed by atoms with van der Waals surface area (Å²) in [6.07, 6.45) is 2.13. The number of carbonyl (C=O) groups excluding carboxylic acids is 2. The summed E-state index contributed by atoms with van der Waals surface area (Å²) in [6, 6.07) is -2.16. The second-order valence-corrected chi connectivity index (χ2v) is 5.27. The topological polar surface area (TPSA) is 95.9 Å². The Bertz CT molecular complexity index is 399. The van der Waals surface area contributed by atoms with E-state index in [1.54, 1.807) is 6.92 Å². The van der Waals surface area contributed by atoms with E-state index in [-0.39, 0.29) is 6.61 Å². The third-order valence-electron chi connectivity index (χ3n) is 3.81. The van der Waals surface area contributed by atoms with Gasteiger partial charge in [0.05, 0.1) is 6.61 Å². The van der Waals surface area contributed by atoms with Crippen molar-refractivity contribution in [3.63, 3.8) is 0 Å². The number of amides is 2. The molecule has 1 aliphatic heterocycles. The van der Waals surface area contributed by atoms with Crippen molar-refractivity contribution in [2.45, 2.75) is 52.1 Å². The lowest BCUT2D eigenvalue weighted by atomic mass is 9.89. The zero-order valence-electron chi connectivity index (χ0n) is 12.8. The summed E-state index contributed by atoms with van der Waals surface area (Å²) in [5, 5.41) is 11.8. The zero-order chi connectivity index (χ0) is 16.0. The number of aliphatic carboxylic acids is 1. The monoisotopic (exact) mass is 300 g/mol. The first-order valence-corrected chi connectivity index (χ1v) is 7.37. The second-order valence-electron chi connectivity index (χ2n) is 5.27. The van der Waals surface area contributed by atoms with Crippen molar-refractivity contribution in [2.75, 3.05) is 13.2 Å².